The third kappa shape index (κ3) is 2.66. The predicted octanol–water partition coefficient (Wildman–Crippen LogP) is 2.98. The van der Waals surface area contributed by atoms with Gasteiger partial charge in [0.2, 0.25) is 0 Å². The first-order chi connectivity index (χ1) is 12.2. The van der Waals surface area contributed by atoms with Crippen molar-refractivity contribution in [2.75, 3.05) is 11.5 Å². The molecule has 0 radical (unpaired) electrons. The summed E-state index contributed by atoms with van der Waals surface area (Å²) in [5.74, 6) is 7.08. The standard InChI is InChI=1S/C20H15N5/c21-19-16(11-10-14-6-2-1-3-7-14)18(12-13-23-19)25-17-9-5-4-8-15(17)20(22)24-25/h1-9,12-13H,(H2,21,23)(H2,22,24). The molecule has 0 saturated heterocycles. The molecule has 0 atom stereocenters. The Morgan fingerprint density at radius 3 is 2.40 bits per heavy atom. The van der Waals surface area contributed by atoms with Gasteiger partial charge in [-0.1, -0.05) is 42.2 Å². The fourth-order valence-electron chi connectivity index (χ4n) is 2.70. The molecule has 0 aliphatic carbocycles. The van der Waals surface area contributed by atoms with Crippen molar-refractivity contribution in [3.05, 3.63) is 78.0 Å². The highest BCUT2D eigenvalue weighted by molar-refractivity contribution is 5.90. The monoisotopic (exact) mass is 325 g/mol. The molecule has 25 heavy (non-hydrogen) atoms. The number of pyridine rings is 1. The highest BCUT2D eigenvalue weighted by Gasteiger charge is 2.13. The molecule has 4 rings (SSSR count). The van der Waals surface area contributed by atoms with E-state index in [1.54, 1.807) is 10.9 Å². The fraction of sp³-hybridized carbons (Fsp3) is 0. The summed E-state index contributed by atoms with van der Waals surface area (Å²) in [6, 6.07) is 19.3. The van der Waals surface area contributed by atoms with Crippen molar-refractivity contribution in [3.8, 4) is 17.5 Å². The van der Waals surface area contributed by atoms with Crippen molar-refractivity contribution in [1.82, 2.24) is 14.8 Å². The van der Waals surface area contributed by atoms with E-state index in [0.717, 1.165) is 22.2 Å². The molecule has 5 nitrogen and oxygen atoms in total. The number of nitrogens with two attached hydrogens (primary N) is 2. The van der Waals surface area contributed by atoms with E-state index in [-0.39, 0.29) is 0 Å². The number of aromatic nitrogens is 3. The molecule has 0 amide bonds. The summed E-state index contributed by atoms with van der Waals surface area (Å²) < 4.78 is 1.76. The molecule has 0 bridgehead atoms. The van der Waals surface area contributed by atoms with Crippen LogP contribution in [0.1, 0.15) is 11.1 Å². The van der Waals surface area contributed by atoms with Gasteiger partial charge in [0.15, 0.2) is 5.82 Å². The van der Waals surface area contributed by atoms with Crippen LogP contribution in [-0.4, -0.2) is 14.8 Å². The second-order valence-corrected chi connectivity index (χ2v) is 5.52. The number of nitrogens with zero attached hydrogens (tertiary/aromatic N) is 3. The molecule has 0 unspecified atom stereocenters. The zero-order valence-electron chi connectivity index (χ0n) is 13.3. The minimum atomic E-state index is 0.360. The summed E-state index contributed by atoms with van der Waals surface area (Å²) in [5, 5.41) is 5.35. The maximum absolute atomic E-state index is 6.09. The topological polar surface area (TPSA) is 82.8 Å². The zero-order chi connectivity index (χ0) is 17.2. The van der Waals surface area contributed by atoms with Crippen molar-refractivity contribution < 1.29 is 0 Å². The minimum absolute atomic E-state index is 0.360. The quantitative estimate of drug-likeness (QED) is 0.527. The molecule has 0 saturated carbocycles. The zero-order valence-corrected chi connectivity index (χ0v) is 13.3. The van der Waals surface area contributed by atoms with Gasteiger partial charge < -0.3 is 11.5 Å². The van der Waals surface area contributed by atoms with Crippen molar-refractivity contribution in [2.45, 2.75) is 0 Å². The minimum Gasteiger partial charge on any atom is -0.383 e. The van der Waals surface area contributed by atoms with Crippen LogP contribution in [0.5, 0.6) is 0 Å². The van der Waals surface area contributed by atoms with Crippen LogP contribution in [0, 0.1) is 11.8 Å². The maximum atomic E-state index is 6.09. The van der Waals surface area contributed by atoms with E-state index in [1.807, 2.05) is 60.7 Å². The Labute approximate surface area is 144 Å². The summed E-state index contributed by atoms with van der Waals surface area (Å²) in [5.41, 5.74) is 15.3. The van der Waals surface area contributed by atoms with Crippen LogP contribution in [0.3, 0.4) is 0 Å². The summed E-state index contributed by atoms with van der Waals surface area (Å²) in [4.78, 5) is 4.17. The molecule has 5 heteroatoms. The predicted molar refractivity (Wildman–Crippen MR) is 100 cm³/mol. The summed E-state index contributed by atoms with van der Waals surface area (Å²) in [6.07, 6.45) is 1.64. The van der Waals surface area contributed by atoms with Gasteiger partial charge in [-0.05, 0) is 30.3 Å². The number of benzene rings is 2. The van der Waals surface area contributed by atoms with E-state index in [2.05, 4.69) is 21.9 Å². The number of rotatable bonds is 1. The molecule has 0 aliphatic heterocycles. The van der Waals surface area contributed by atoms with Crippen LogP contribution in [0.4, 0.5) is 11.6 Å². The number of para-hydroxylation sites is 1. The van der Waals surface area contributed by atoms with Gasteiger partial charge in [0, 0.05) is 17.1 Å². The largest absolute Gasteiger partial charge is 0.383 e. The van der Waals surface area contributed by atoms with Gasteiger partial charge in [-0.2, -0.15) is 0 Å². The van der Waals surface area contributed by atoms with Gasteiger partial charge >= 0.3 is 0 Å². The lowest BCUT2D eigenvalue weighted by atomic mass is 10.1. The molecule has 2 heterocycles. The number of fused-ring (bicyclic) bond motifs is 1. The Morgan fingerprint density at radius 1 is 0.800 bits per heavy atom. The average Bonchev–Trinajstić information content (AvgIpc) is 2.98. The summed E-state index contributed by atoms with van der Waals surface area (Å²) >= 11 is 0. The van der Waals surface area contributed by atoms with Gasteiger partial charge in [-0.3, -0.25) is 0 Å². The molecule has 0 fully saturated rings. The highest BCUT2D eigenvalue weighted by Crippen LogP contribution is 2.26. The lowest BCUT2D eigenvalue weighted by molar-refractivity contribution is 0.911. The number of anilines is 2. The normalized spacial score (nSPS) is 10.4. The van der Waals surface area contributed by atoms with E-state index in [9.17, 15) is 0 Å². The van der Waals surface area contributed by atoms with Crippen molar-refractivity contribution in [1.29, 1.82) is 0 Å². The van der Waals surface area contributed by atoms with Crippen molar-refractivity contribution in [2.24, 2.45) is 0 Å². The molecular formula is C20H15N5. The highest BCUT2D eigenvalue weighted by atomic mass is 15.3. The Balaban J connectivity index is 1.92. The lowest BCUT2D eigenvalue weighted by Crippen LogP contribution is -2.04. The molecule has 4 N–H and O–H groups in total. The summed E-state index contributed by atoms with van der Waals surface area (Å²) in [7, 11) is 0. The third-order valence-corrected chi connectivity index (χ3v) is 3.91. The first-order valence-corrected chi connectivity index (χ1v) is 7.79. The van der Waals surface area contributed by atoms with E-state index in [1.165, 1.54) is 0 Å². The average molecular weight is 325 g/mol. The molecule has 0 spiro atoms. The van der Waals surface area contributed by atoms with Crippen LogP contribution >= 0.6 is 0 Å². The second-order valence-electron chi connectivity index (χ2n) is 5.52. The second kappa shape index (κ2) is 6.02. The first kappa shape index (κ1) is 14.8. The van der Waals surface area contributed by atoms with Gasteiger partial charge in [0.05, 0.1) is 16.8 Å². The molecule has 0 aliphatic rings. The fourth-order valence-corrected chi connectivity index (χ4v) is 2.70. The van der Waals surface area contributed by atoms with Gasteiger partial charge in [0.1, 0.15) is 5.82 Å². The smallest absolute Gasteiger partial charge is 0.153 e. The number of nitrogen functional groups attached to an aromatic ring is 2. The van der Waals surface area contributed by atoms with E-state index < -0.39 is 0 Å². The van der Waals surface area contributed by atoms with Crippen LogP contribution in [-0.2, 0) is 0 Å². The molecule has 120 valence electrons. The molecular weight excluding hydrogens is 310 g/mol. The molecule has 2 aromatic heterocycles. The van der Waals surface area contributed by atoms with Gasteiger partial charge in [-0.25, -0.2) is 9.67 Å². The molecule has 2 aromatic carbocycles. The van der Waals surface area contributed by atoms with Crippen LogP contribution in [0.2, 0.25) is 0 Å². The van der Waals surface area contributed by atoms with Crippen LogP contribution in [0.15, 0.2) is 66.9 Å². The Bertz CT molecular complexity index is 1120. The maximum Gasteiger partial charge on any atom is 0.153 e. The van der Waals surface area contributed by atoms with Crippen LogP contribution in [0.25, 0.3) is 16.6 Å². The van der Waals surface area contributed by atoms with Gasteiger partial charge in [0.25, 0.3) is 0 Å². The SMILES string of the molecule is Nc1nccc(-n2nc(N)c3ccccc32)c1C#Cc1ccccc1. The first-order valence-electron chi connectivity index (χ1n) is 7.79. The van der Waals surface area contributed by atoms with E-state index >= 15 is 0 Å². The number of hydrogen-bond donors (Lipinski definition) is 2. The van der Waals surface area contributed by atoms with Crippen molar-refractivity contribution in [3.63, 3.8) is 0 Å². The summed E-state index contributed by atoms with van der Waals surface area (Å²) in [6.45, 7) is 0. The third-order valence-electron chi connectivity index (χ3n) is 3.91. The van der Waals surface area contributed by atoms with Gasteiger partial charge in [-0.15, -0.1) is 5.10 Å². The number of hydrogen-bond acceptors (Lipinski definition) is 4. The van der Waals surface area contributed by atoms with Crippen LogP contribution < -0.4 is 11.5 Å². The lowest BCUT2D eigenvalue weighted by Gasteiger charge is -2.08. The van der Waals surface area contributed by atoms with E-state index in [4.69, 9.17) is 11.5 Å². The molecule has 4 aromatic rings. The van der Waals surface area contributed by atoms with Crippen molar-refractivity contribution >= 4 is 22.5 Å². The van der Waals surface area contributed by atoms with E-state index in [0.29, 0.717) is 17.2 Å². The Morgan fingerprint density at radius 2 is 1.56 bits per heavy atom. The Kier molecular flexibility index (Phi) is 3.56. The Hall–Kier alpha value is -3.78.